The van der Waals surface area contributed by atoms with E-state index in [1.54, 1.807) is 24.3 Å². The molecule has 0 aliphatic heterocycles. The average Bonchev–Trinajstić information content (AvgIpc) is 3.37. The quantitative estimate of drug-likeness (QED) is 0.245. The van der Waals surface area contributed by atoms with Crippen LogP contribution in [-0.2, 0) is 0 Å². The molecule has 4 rings (SSSR count). The Bertz CT molecular complexity index is 1100. The molecule has 0 spiro atoms. The van der Waals surface area contributed by atoms with Crippen LogP contribution in [0.4, 0.5) is 22.7 Å². The van der Waals surface area contributed by atoms with E-state index in [9.17, 15) is 5.21 Å². The van der Waals surface area contributed by atoms with Gasteiger partial charge in [-0.05, 0) is 59.5 Å². The molecule has 4 aromatic rings. The fraction of sp³-hybridized carbons (Fsp3) is 0. The highest BCUT2D eigenvalue weighted by Crippen LogP contribution is 2.29. The molecule has 0 saturated heterocycles. The summed E-state index contributed by atoms with van der Waals surface area (Å²) in [6.07, 6.45) is 7.64. The highest BCUT2D eigenvalue weighted by Gasteiger charge is 2.12. The van der Waals surface area contributed by atoms with Gasteiger partial charge in [-0.25, -0.2) is 0 Å². The molecule has 0 aliphatic carbocycles. The summed E-state index contributed by atoms with van der Waals surface area (Å²) < 4.78 is 3.83. The van der Waals surface area contributed by atoms with E-state index in [2.05, 4.69) is 5.11 Å². The molecule has 4 N–H and O–H groups in total. The second-order valence-electron chi connectivity index (χ2n) is 6.04. The predicted molar refractivity (Wildman–Crippen MR) is 106 cm³/mol. The lowest BCUT2D eigenvalue weighted by Gasteiger charge is -2.08. The first kappa shape index (κ1) is 16.5. The molecular formula is C20H18N6O. The van der Waals surface area contributed by atoms with Gasteiger partial charge in [-0.3, -0.25) is 0 Å². The lowest BCUT2D eigenvalue weighted by atomic mass is 10.2. The zero-order chi connectivity index (χ0) is 18.8. The van der Waals surface area contributed by atoms with Gasteiger partial charge in [0.1, 0.15) is 5.69 Å². The van der Waals surface area contributed by atoms with Crippen molar-refractivity contribution in [3.05, 3.63) is 90.7 Å². The van der Waals surface area contributed by atoms with Gasteiger partial charge < -0.3 is 25.8 Å². The molecule has 0 bridgehead atoms. The van der Waals surface area contributed by atoms with Crippen molar-refractivity contribution in [2.24, 2.45) is 5.11 Å². The molecule has 0 amide bonds. The summed E-state index contributed by atoms with van der Waals surface area (Å²) in [6.45, 7) is 0. The number of benzene rings is 2. The molecule has 0 saturated carbocycles. The lowest BCUT2D eigenvalue weighted by molar-refractivity contribution is -0.434. The van der Waals surface area contributed by atoms with Crippen molar-refractivity contribution >= 4 is 22.7 Å². The Morgan fingerprint density at radius 2 is 1.26 bits per heavy atom. The number of rotatable bonds is 4. The molecule has 2 aromatic carbocycles. The second kappa shape index (κ2) is 6.72. The third-order valence-electron chi connectivity index (χ3n) is 4.23. The second-order valence-corrected chi connectivity index (χ2v) is 6.04. The zero-order valence-electron chi connectivity index (χ0n) is 14.4. The molecule has 2 aromatic heterocycles. The average molecular weight is 358 g/mol. The van der Waals surface area contributed by atoms with Crippen LogP contribution in [0.15, 0.2) is 90.6 Å². The first-order valence-corrected chi connectivity index (χ1v) is 8.36. The van der Waals surface area contributed by atoms with Gasteiger partial charge in [0.25, 0.3) is 5.69 Å². The van der Waals surface area contributed by atoms with Gasteiger partial charge in [0.05, 0.1) is 5.69 Å². The Hall–Kier alpha value is -4.00. The highest BCUT2D eigenvalue weighted by molar-refractivity contribution is 5.66. The summed E-state index contributed by atoms with van der Waals surface area (Å²) in [5, 5.41) is 16.6. The van der Waals surface area contributed by atoms with Gasteiger partial charge >= 0.3 is 0 Å². The first-order chi connectivity index (χ1) is 13.1. The lowest BCUT2D eigenvalue weighted by Crippen LogP contribution is -2.00. The normalized spacial score (nSPS) is 11.6. The minimum absolute atomic E-state index is 0.264. The van der Waals surface area contributed by atoms with E-state index < -0.39 is 0 Å². The summed E-state index contributed by atoms with van der Waals surface area (Å²) in [5.74, 6) is 0. The largest absolute Gasteiger partial charge is 0.594 e. The van der Waals surface area contributed by atoms with E-state index in [-0.39, 0.29) is 5.69 Å². The minimum Gasteiger partial charge on any atom is -0.594 e. The van der Waals surface area contributed by atoms with Crippen molar-refractivity contribution in [2.45, 2.75) is 0 Å². The van der Waals surface area contributed by atoms with E-state index >= 15 is 0 Å². The van der Waals surface area contributed by atoms with Gasteiger partial charge in [0.2, 0.25) is 0 Å². The Labute approximate surface area is 156 Å². The summed E-state index contributed by atoms with van der Waals surface area (Å²) >= 11 is 0. The van der Waals surface area contributed by atoms with E-state index in [4.69, 9.17) is 11.5 Å². The monoisotopic (exact) mass is 358 g/mol. The van der Waals surface area contributed by atoms with Crippen molar-refractivity contribution in [3.63, 3.8) is 0 Å². The summed E-state index contributed by atoms with van der Waals surface area (Å²) in [5.41, 5.74) is 15.3. The van der Waals surface area contributed by atoms with Crippen molar-refractivity contribution < 1.29 is 4.86 Å². The highest BCUT2D eigenvalue weighted by atomic mass is 16.5. The van der Waals surface area contributed by atoms with E-state index in [0.717, 1.165) is 11.4 Å². The summed E-state index contributed by atoms with van der Waals surface area (Å²) in [6, 6.07) is 18.2. The smallest absolute Gasteiger partial charge is 0.267 e. The van der Waals surface area contributed by atoms with E-state index in [1.807, 2.05) is 70.3 Å². The van der Waals surface area contributed by atoms with Crippen LogP contribution in [0.25, 0.3) is 11.4 Å². The Kier molecular flexibility index (Phi) is 4.10. The van der Waals surface area contributed by atoms with Crippen LogP contribution in [0.3, 0.4) is 0 Å². The zero-order valence-corrected chi connectivity index (χ0v) is 14.4. The fourth-order valence-electron chi connectivity index (χ4n) is 2.84. The summed E-state index contributed by atoms with van der Waals surface area (Å²) in [7, 11) is 0. The van der Waals surface area contributed by atoms with Crippen LogP contribution >= 0.6 is 0 Å². The maximum absolute atomic E-state index is 12.5. The van der Waals surface area contributed by atoms with Crippen molar-refractivity contribution in [1.29, 1.82) is 0 Å². The van der Waals surface area contributed by atoms with Crippen molar-refractivity contribution in [2.75, 3.05) is 11.5 Å². The Balaban J connectivity index is 1.64. The molecule has 2 heterocycles. The van der Waals surface area contributed by atoms with Crippen LogP contribution in [-0.4, -0.2) is 14.0 Å². The minimum atomic E-state index is 0.264. The van der Waals surface area contributed by atoms with Crippen molar-refractivity contribution in [1.82, 2.24) is 9.13 Å². The van der Waals surface area contributed by atoms with Crippen LogP contribution in [0.1, 0.15) is 0 Å². The molecule has 7 nitrogen and oxygen atoms in total. The molecular weight excluding hydrogens is 340 g/mol. The third kappa shape index (κ3) is 3.25. The number of hydrogen-bond acceptors (Lipinski definition) is 4. The number of azo groups is 1. The van der Waals surface area contributed by atoms with Gasteiger partial charge in [-0.15, -0.1) is 0 Å². The number of anilines is 2. The molecule has 134 valence electrons. The standard InChI is InChI=1S/C20H18N6O/c21-17-13-15(24-9-1-2-10-24)5-7-19(17)23-26(27)20-8-6-16(14-18(20)22)25-11-3-4-12-25/h1-14H,21-22H2. The number of hydrogen-bond donors (Lipinski definition) is 2. The Morgan fingerprint density at radius 3 is 1.78 bits per heavy atom. The molecule has 0 aliphatic rings. The molecule has 0 radical (unpaired) electrons. The van der Waals surface area contributed by atoms with Crippen molar-refractivity contribution in [3.8, 4) is 11.4 Å². The molecule has 7 heteroatoms. The van der Waals surface area contributed by atoms with Gasteiger partial charge in [0, 0.05) is 47.3 Å². The van der Waals surface area contributed by atoms with Crippen LogP contribution < -0.4 is 11.5 Å². The van der Waals surface area contributed by atoms with Gasteiger partial charge in [-0.1, -0.05) is 0 Å². The number of nitrogens with zero attached hydrogens (tertiary/aromatic N) is 4. The van der Waals surface area contributed by atoms with E-state index in [0.29, 0.717) is 21.9 Å². The Morgan fingerprint density at radius 1 is 0.741 bits per heavy atom. The predicted octanol–water partition coefficient (Wildman–Crippen LogP) is 4.36. The van der Waals surface area contributed by atoms with Gasteiger partial charge in [-0.2, -0.15) is 0 Å². The number of aromatic nitrogens is 2. The molecule has 0 fully saturated rings. The molecule has 27 heavy (non-hydrogen) atoms. The van der Waals surface area contributed by atoms with E-state index in [1.165, 1.54) is 0 Å². The molecule has 0 unspecified atom stereocenters. The van der Waals surface area contributed by atoms with Crippen LogP contribution in [0, 0.1) is 5.21 Å². The topological polar surface area (TPSA) is 100 Å². The summed E-state index contributed by atoms with van der Waals surface area (Å²) in [4.78, 5) is 0.496. The van der Waals surface area contributed by atoms with Crippen LogP contribution in [0.5, 0.6) is 0 Å². The maximum atomic E-state index is 12.5. The SMILES string of the molecule is Nc1cc(-n2cccc2)ccc1N=[N+]([O-])c1ccc(-n2cccc2)cc1N. The van der Waals surface area contributed by atoms with Gasteiger partial charge in [0.15, 0.2) is 5.69 Å². The molecule has 0 atom stereocenters. The van der Waals surface area contributed by atoms with Crippen LogP contribution in [0.2, 0.25) is 0 Å². The first-order valence-electron chi connectivity index (χ1n) is 8.36. The fourth-order valence-corrected chi connectivity index (χ4v) is 2.84. The third-order valence-corrected chi connectivity index (χ3v) is 4.23. The number of nitrogens with two attached hydrogens (primary N) is 2. The maximum Gasteiger partial charge on any atom is 0.267 e. The number of nitrogen functional groups attached to an aromatic ring is 2.